The van der Waals surface area contributed by atoms with Crippen LogP contribution < -0.4 is 5.32 Å². The highest BCUT2D eigenvalue weighted by molar-refractivity contribution is 8.00. The van der Waals surface area contributed by atoms with Gasteiger partial charge in [0.25, 0.3) is 0 Å². The second kappa shape index (κ2) is 7.89. The van der Waals surface area contributed by atoms with E-state index in [2.05, 4.69) is 31.3 Å². The first-order chi connectivity index (χ1) is 10.2. The molecule has 21 heavy (non-hydrogen) atoms. The Bertz CT molecular complexity index is 566. The van der Waals surface area contributed by atoms with Crippen molar-refractivity contribution in [1.29, 1.82) is 0 Å². The molecule has 2 rings (SSSR count). The maximum absolute atomic E-state index is 11.9. The molecule has 2 aromatic carbocycles. The number of thioether (sulfide) groups is 1. The lowest BCUT2D eigenvalue weighted by Crippen LogP contribution is -2.13. The van der Waals surface area contributed by atoms with Crippen molar-refractivity contribution in [3.8, 4) is 0 Å². The highest BCUT2D eigenvalue weighted by atomic mass is 32.2. The van der Waals surface area contributed by atoms with Crippen molar-refractivity contribution in [1.82, 2.24) is 0 Å². The number of rotatable bonds is 6. The van der Waals surface area contributed by atoms with Crippen LogP contribution in [0.2, 0.25) is 0 Å². The number of hydrogen-bond acceptors (Lipinski definition) is 2. The van der Waals surface area contributed by atoms with Gasteiger partial charge in [0.1, 0.15) is 0 Å². The molecule has 3 heteroatoms. The fourth-order valence-corrected chi connectivity index (χ4v) is 2.71. The zero-order chi connectivity index (χ0) is 15.1. The Kier molecular flexibility index (Phi) is 5.88. The molecular formula is C18H21NOS. The summed E-state index contributed by atoms with van der Waals surface area (Å²) in [5, 5.41) is 2.94. The van der Waals surface area contributed by atoms with Crippen LogP contribution in [0.15, 0.2) is 59.5 Å². The summed E-state index contributed by atoms with van der Waals surface area (Å²) in [4.78, 5) is 13.0. The molecule has 110 valence electrons. The molecule has 1 amide bonds. The van der Waals surface area contributed by atoms with E-state index in [1.54, 1.807) is 11.8 Å². The first-order valence-electron chi connectivity index (χ1n) is 7.26. The molecule has 0 fully saturated rings. The fraction of sp³-hybridized carbons (Fsp3) is 0.278. The third-order valence-corrected chi connectivity index (χ3v) is 4.50. The van der Waals surface area contributed by atoms with Crippen LogP contribution in [0.1, 0.15) is 31.7 Å². The van der Waals surface area contributed by atoms with Crippen molar-refractivity contribution >= 4 is 23.4 Å². The number of hydrogen-bond donors (Lipinski definition) is 1. The largest absolute Gasteiger partial charge is 0.325 e. The molecule has 0 unspecified atom stereocenters. The van der Waals surface area contributed by atoms with Gasteiger partial charge in [0.15, 0.2) is 0 Å². The number of anilines is 1. The number of carbonyl (C=O) groups excluding carboxylic acids is 1. The van der Waals surface area contributed by atoms with Gasteiger partial charge in [-0.25, -0.2) is 0 Å². The van der Waals surface area contributed by atoms with Gasteiger partial charge in [-0.2, -0.15) is 0 Å². The third kappa shape index (κ3) is 4.94. The summed E-state index contributed by atoms with van der Waals surface area (Å²) in [5.41, 5.74) is 2.18. The number of amides is 1. The Labute approximate surface area is 131 Å². The normalized spacial score (nSPS) is 11.9. The minimum atomic E-state index is 0.0279. The summed E-state index contributed by atoms with van der Waals surface area (Å²) in [7, 11) is 0. The molecule has 2 nitrogen and oxygen atoms in total. The smallest absolute Gasteiger partial charge is 0.234 e. The summed E-state index contributed by atoms with van der Waals surface area (Å²) in [5.74, 6) is 1.01. The van der Waals surface area contributed by atoms with Gasteiger partial charge >= 0.3 is 0 Å². The highest BCUT2D eigenvalue weighted by Crippen LogP contribution is 2.21. The second-order valence-corrected chi connectivity index (χ2v) is 6.13. The SMILES string of the molecule is CC[C@H](C)c1ccc(NC(=O)CSc2ccccc2)cc1. The maximum atomic E-state index is 11.9. The van der Waals surface area contributed by atoms with Crippen LogP contribution in [0.5, 0.6) is 0 Å². The van der Waals surface area contributed by atoms with Crippen LogP contribution in [-0.2, 0) is 4.79 Å². The van der Waals surface area contributed by atoms with E-state index in [0.717, 1.165) is 17.0 Å². The zero-order valence-electron chi connectivity index (χ0n) is 12.5. The molecule has 0 saturated carbocycles. The zero-order valence-corrected chi connectivity index (χ0v) is 13.3. The topological polar surface area (TPSA) is 29.1 Å². The van der Waals surface area contributed by atoms with Gasteiger partial charge in [-0.15, -0.1) is 11.8 Å². The standard InChI is InChI=1S/C18H21NOS/c1-3-14(2)15-9-11-16(12-10-15)19-18(20)13-21-17-7-5-4-6-8-17/h4-12,14H,3,13H2,1-2H3,(H,19,20)/t14-/m0/s1. The first-order valence-corrected chi connectivity index (χ1v) is 8.25. The molecule has 0 bridgehead atoms. The van der Waals surface area contributed by atoms with E-state index in [9.17, 15) is 4.79 Å². The summed E-state index contributed by atoms with van der Waals surface area (Å²) in [6.45, 7) is 4.39. The van der Waals surface area contributed by atoms with Crippen molar-refractivity contribution in [3.05, 3.63) is 60.2 Å². The number of carbonyl (C=O) groups is 1. The molecule has 1 atom stereocenters. The predicted molar refractivity (Wildman–Crippen MR) is 90.9 cm³/mol. The lowest BCUT2D eigenvalue weighted by atomic mass is 9.99. The van der Waals surface area contributed by atoms with E-state index in [1.807, 2.05) is 42.5 Å². The van der Waals surface area contributed by atoms with Crippen LogP contribution in [0.3, 0.4) is 0 Å². The van der Waals surface area contributed by atoms with E-state index >= 15 is 0 Å². The lowest BCUT2D eigenvalue weighted by molar-refractivity contribution is -0.113. The quantitative estimate of drug-likeness (QED) is 0.766. The number of nitrogens with one attached hydrogen (secondary N) is 1. The van der Waals surface area contributed by atoms with Crippen LogP contribution in [0.4, 0.5) is 5.69 Å². The maximum Gasteiger partial charge on any atom is 0.234 e. The molecular weight excluding hydrogens is 278 g/mol. The molecule has 0 aliphatic carbocycles. The Morgan fingerprint density at radius 3 is 2.38 bits per heavy atom. The van der Waals surface area contributed by atoms with Crippen molar-refractivity contribution in [3.63, 3.8) is 0 Å². The van der Waals surface area contributed by atoms with Crippen molar-refractivity contribution in [2.75, 3.05) is 11.1 Å². The van der Waals surface area contributed by atoms with Gasteiger partial charge in [-0.05, 0) is 42.2 Å². The monoisotopic (exact) mass is 299 g/mol. The summed E-state index contributed by atoms with van der Waals surface area (Å²) in [6, 6.07) is 18.1. The van der Waals surface area contributed by atoms with Crippen molar-refractivity contribution in [2.24, 2.45) is 0 Å². The van der Waals surface area contributed by atoms with E-state index in [4.69, 9.17) is 0 Å². The Hall–Kier alpha value is -1.74. The third-order valence-electron chi connectivity index (χ3n) is 3.49. The molecule has 0 spiro atoms. The fourth-order valence-electron chi connectivity index (χ4n) is 1.99. The Morgan fingerprint density at radius 2 is 1.76 bits per heavy atom. The van der Waals surface area contributed by atoms with Gasteiger partial charge in [-0.1, -0.05) is 44.2 Å². The van der Waals surface area contributed by atoms with Crippen LogP contribution in [0, 0.1) is 0 Å². The summed E-state index contributed by atoms with van der Waals surface area (Å²) < 4.78 is 0. The van der Waals surface area contributed by atoms with Crippen LogP contribution in [-0.4, -0.2) is 11.7 Å². The van der Waals surface area contributed by atoms with E-state index in [1.165, 1.54) is 5.56 Å². The highest BCUT2D eigenvalue weighted by Gasteiger charge is 2.05. The molecule has 1 N–H and O–H groups in total. The van der Waals surface area contributed by atoms with E-state index in [-0.39, 0.29) is 5.91 Å². The van der Waals surface area contributed by atoms with Crippen molar-refractivity contribution < 1.29 is 4.79 Å². The average molecular weight is 299 g/mol. The molecule has 2 aromatic rings. The molecule has 0 radical (unpaired) electrons. The molecule has 0 aliphatic heterocycles. The van der Waals surface area contributed by atoms with Crippen LogP contribution in [0.25, 0.3) is 0 Å². The summed E-state index contributed by atoms with van der Waals surface area (Å²) in [6.07, 6.45) is 1.12. The van der Waals surface area contributed by atoms with Gasteiger partial charge < -0.3 is 5.32 Å². The first kappa shape index (κ1) is 15.6. The minimum absolute atomic E-state index is 0.0279. The minimum Gasteiger partial charge on any atom is -0.325 e. The molecule has 0 aliphatic rings. The van der Waals surface area contributed by atoms with Crippen LogP contribution >= 0.6 is 11.8 Å². The van der Waals surface area contributed by atoms with Gasteiger partial charge in [0, 0.05) is 10.6 Å². The molecule has 0 saturated heterocycles. The lowest BCUT2D eigenvalue weighted by Gasteiger charge is -2.10. The van der Waals surface area contributed by atoms with Crippen molar-refractivity contribution in [2.45, 2.75) is 31.1 Å². The molecule has 0 aromatic heterocycles. The van der Waals surface area contributed by atoms with Gasteiger partial charge in [-0.3, -0.25) is 4.79 Å². The van der Waals surface area contributed by atoms with E-state index < -0.39 is 0 Å². The Morgan fingerprint density at radius 1 is 1.10 bits per heavy atom. The summed E-state index contributed by atoms with van der Waals surface area (Å²) >= 11 is 1.55. The second-order valence-electron chi connectivity index (χ2n) is 5.08. The van der Waals surface area contributed by atoms with E-state index in [0.29, 0.717) is 11.7 Å². The number of benzene rings is 2. The predicted octanol–water partition coefficient (Wildman–Crippen LogP) is 4.93. The average Bonchev–Trinajstić information content (AvgIpc) is 2.54. The van der Waals surface area contributed by atoms with Gasteiger partial charge in [0.2, 0.25) is 5.91 Å². The molecule has 0 heterocycles. The van der Waals surface area contributed by atoms with Gasteiger partial charge in [0.05, 0.1) is 5.75 Å². The Balaban J connectivity index is 1.85.